The van der Waals surface area contributed by atoms with E-state index in [9.17, 15) is 14.9 Å². The normalized spacial score (nSPS) is 15.8. The zero-order valence-electron chi connectivity index (χ0n) is 27.5. The summed E-state index contributed by atoms with van der Waals surface area (Å²) in [5.74, 6) is 1.59. The van der Waals surface area contributed by atoms with Crippen molar-refractivity contribution in [2.45, 2.75) is 51.0 Å². The van der Waals surface area contributed by atoms with Crippen LogP contribution in [0.3, 0.4) is 0 Å². The molecule has 0 bridgehead atoms. The number of anilines is 4. The summed E-state index contributed by atoms with van der Waals surface area (Å²) in [7, 11) is 0. The Morgan fingerprint density at radius 2 is 1.40 bits per heavy atom. The third-order valence-corrected chi connectivity index (χ3v) is 8.52. The van der Waals surface area contributed by atoms with Gasteiger partial charge in [-0.05, 0) is 37.1 Å². The number of aromatic nitrogens is 3. The standard InChI is InChI=1S/C34H47N9O5/c44-31(27-9-5-4-6-10-27)35-17-23-47-25-26-48-24-18-36-32-38-33(37-28-11-7-2-1-3-8-12-28)40-34(39-32)42-21-19-41(20-22-42)29-13-15-30(16-14-29)43(45)46/h4-6,9-10,13-16,28H,1-3,7-8,11-12,17-26H2,(H,35,44)(H2,36,37,38,39,40). The number of ether oxygens (including phenoxy) is 2. The van der Waals surface area contributed by atoms with E-state index in [0.29, 0.717) is 82.1 Å². The fourth-order valence-corrected chi connectivity index (χ4v) is 5.87. The van der Waals surface area contributed by atoms with E-state index in [1.807, 2.05) is 18.2 Å². The molecule has 1 aliphatic carbocycles. The first-order valence-electron chi connectivity index (χ1n) is 17.0. The largest absolute Gasteiger partial charge is 0.377 e. The van der Waals surface area contributed by atoms with Crippen molar-refractivity contribution in [1.82, 2.24) is 20.3 Å². The van der Waals surface area contributed by atoms with E-state index in [-0.39, 0.29) is 16.5 Å². The number of nitro groups is 1. The van der Waals surface area contributed by atoms with Crippen molar-refractivity contribution in [2.75, 3.05) is 86.1 Å². The van der Waals surface area contributed by atoms with Gasteiger partial charge in [0, 0.05) is 68.7 Å². The molecule has 0 spiro atoms. The minimum Gasteiger partial charge on any atom is -0.377 e. The number of non-ortho nitro benzene ring substituents is 1. The topological polar surface area (TPSA) is 160 Å². The summed E-state index contributed by atoms with van der Waals surface area (Å²) < 4.78 is 11.3. The van der Waals surface area contributed by atoms with Crippen molar-refractivity contribution in [3.63, 3.8) is 0 Å². The number of amides is 1. The van der Waals surface area contributed by atoms with Crippen LogP contribution in [-0.2, 0) is 9.47 Å². The predicted molar refractivity (Wildman–Crippen MR) is 186 cm³/mol. The van der Waals surface area contributed by atoms with Crippen LogP contribution >= 0.6 is 0 Å². The van der Waals surface area contributed by atoms with Crippen LogP contribution in [0.15, 0.2) is 54.6 Å². The van der Waals surface area contributed by atoms with Crippen LogP contribution in [0.4, 0.5) is 29.2 Å². The second-order valence-electron chi connectivity index (χ2n) is 12.0. The molecule has 3 aromatic rings. The van der Waals surface area contributed by atoms with Crippen LogP contribution in [0.5, 0.6) is 0 Å². The number of nitro benzene ring substituents is 1. The Hall–Kier alpha value is -4.56. The zero-order valence-corrected chi connectivity index (χ0v) is 27.5. The van der Waals surface area contributed by atoms with Gasteiger partial charge in [0.25, 0.3) is 11.6 Å². The lowest BCUT2D eigenvalue weighted by atomic mass is 9.97. The number of nitrogens with one attached hydrogen (secondary N) is 3. The van der Waals surface area contributed by atoms with Gasteiger partial charge in [-0.15, -0.1) is 0 Å². The van der Waals surface area contributed by atoms with Gasteiger partial charge in [0.2, 0.25) is 17.8 Å². The number of carbonyl (C=O) groups is 1. The Bertz CT molecular complexity index is 1410. The fraction of sp³-hybridized carbons (Fsp3) is 0.529. The molecule has 2 heterocycles. The highest BCUT2D eigenvalue weighted by Gasteiger charge is 2.22. The van der Waals surface area contributed by atoms with E-state index in [1.165, 1.54) is 32.1 Å². The number of piperazine rings is 1. The van der Waals surface area contributed by atoms with Crippen molar-refractivity contribution in [2.24, 2.45) is 0 Å². The van der Waals surface area contributed by atoms with Crippen LogP contribution in [0.2, 0.25) is 0 Å². The molecule has 2 aliphatic rings. The maximum absolute atomic E-state index is 12.1. The van der Waals surface area contributed by atoms with E-state index in [0.717, 1.165) is 31.6 Å². The van der Waals surface area contributed by atoms with Crippen LogP contribution < -0.4 is 25.8 Å². The Morgan fingerprint density at radius 1 is 0.771 bits per heavy atom. The molecule has 1 amide bonds. The second-order valence-corrected chi connectivity index (χ2v) is 12.0. The first kappa shape index (κ1) is 34.8. The van der Waals surface area contributed by atoms with Crippen molar-refractivity contribution >= 4 is 35.1 Å². The minimum absolute atomic E-state index is 0.0899. The molecule has 1 saturated carbocycles. The molecular weight excluding hydrogens is 614 g/mol. The lowest BCUT2D eigenvalue weighted by Gasteiger charge is -2.36. The monoisotopic (exact) mass is 661 g/mol. The maximum atomic E-state index is 12.1. The number of nitrogens with zero attached hydrogens (tertiary/aromatic N) is 6. The molecule has 5 rings (SSSR count). The smallest absolute Gasteiger partial charge is 0.269 e. The summed E-state index contributed by atoms with van der Waals surface area (Å²) in [5, 5.41) is 20.8. The van der Waals surface area contributed by atoms with Gasteiger partial charge in [0.15, 0.2) is 0 Å². The molecule has 0 unspecified atom stereocenters. The van der Waals surface area contributed by atoms with E-state index in [4.69, 9.17) is 24.4 Å². The Morgan fingerprint density at radius 3 is 2.08 bits per heavy atom. The van der Waals surface area contributed by atoms with Gasteiger partial charge in [0.1, 0.15) is 0 Å². The van der Waals surface area contributed by atoms with Gasteiger partial charge in [0.05, 0.1) is 31.4 Å². The van der Waals surface area contributed by atoms with Gasteiger partial charge in [-0.3, -0.25) is 14.9 Å². The van der Waals surface area contributed by atoms with Gasteiger partial charge < -0.3 is 35.2 Å². The summed E-state index contributed by atoms with van der Waals surface area (Å²) in [6.45, 7) is 5.59. The Kier molecular flexibility index (Phi) is 13.5. The number of hydrogen-bond donors (Lipinski definition) is 3. The Balaban J connectivity index is 1.08. The van der Waals surface area contributed by atoms with Crippen LogP contribution in [-0.4, -0.2) is 97.5 Å². The summed E-state index contributed by atoms with van der Waals surface area (Å²) in [6, 6.07) is 16.1. The molecule has 14 heteroatoms. The average Bonchev–Trinajstić information content (AvgIpc) is 3.10. The van der Waals surface area contributed by atoms with Crippen LogP contribution in [0.25, 0.3) is 0 Å². The summed E-state index contributed by atoms with van der Waals surface area (Å²) >= 11 is 0. The summed E-state index contributed by atoms with van der Waals surface area (Å²) in [6.07, 6.45) is 8.46. The maximum Gasteiger partial charge on any atom is 0.269 e. The average molecular weight is 662 g/mol. The highest BCUT2D eigenvalue weighted by molar-refractivity contribution is 5.94. The third-order valence-electron chi connectivity index (χ3n) is 8.52. The molecule has 1 saturated heterocycles. The number of carbonyl (C=O) groups excluding carboxylic acids is 1. The Labute approximate surface area is 281 Å². The number of rotatable bonds is 16. The first-order valence-corrected chi connectivity index (χ1v) is 17.0. The van der Waals surface area contributed by atoms with Gasteiger partial charge in [-0.25, -0.2) is 0 Å². The minimum atomic E-state index is -0.379. The molecule has 0 radical (unpaired) electrons. The molecule has 14 nitrogen and oxygen atoms in total. The van der Waals surface area contributed by atoms with E-state index >= 15 is 0 Å². The van der Waals surface area contributed by atoms with E-state index < -0.39 is 0 Å². The molecule has 3 N–H and O–H groups in total. The molecule has 48 heavy (non-hydrogen) atoms. The number of benzene rings is 2. The molecule has 258 valence electrons. The SMILES string of the molecule is O=C(NCCOCCOCCNc1nc(NC2CCCCCCC2)nc(N2CCN(c3ccc([N+](=O)[O-])cc3)CC2)n1)c1ccccc1. The zero-order chi connectivity index (χ0) is 33.4. The fourth-order valence-electron chi connectivity index (χ4n) is 5.87. The quantitative estimate of drug-likeness (QED) is 0.112. The summed E-state index contributed by atoms with van der Waals surface area (Å²) in [4.78, 5) is 41.4. The number of hydrogen-bond acceptors (Lipinski definition) is 12. The molecule has 2 aromatic carbocycles. The van der Waals surface area contributed by atoms with Crippen LogP contribution in [0.1, 0.15) is 55.3 Å². The van der Waals surface area contributed by atoms with Gasteiger partial charge >= 0.3 is 0 Å². The first-order chi connectivity index (χ1) is 23.5. The van der Waals surface area contributed by atoms with Gasteiger partial charge in [-0.2, -0.15) is 15.0 Å². The van der Waals surface area contributed by atoms with E-state index in [2.05, 4.69) is 25.8 Å². The summed E-state index contributed by atoms with van der Waals surface area (Å²) in [5.41, 5.74) is 1.68. The van der Waals surface area contributed by atoms with Crippen molar-refractivity contribution < 1.29 is 19.2 Å². The lowest BCUT2D eigenvalue weighted by Crippen LogP contribution is -2.47. The van der Waals surface area contributed by atoms with Crippen LogP contribution in [0, 0.1) is 10.1 Å². The lowest BCUT2D eigenvalue weighted by molar-refractivity contribution is -0.384. The van der Waals surface area contributed by atoms with Crippen molar-refractivity contribution in [3.8, 4) is 0 Å². The molecule has 2 fully saturated rings. The second kappa shape index (κ2) is 18.7. The predicted octanol–water partition coefficient (Wildman–Crippen LogP) is 4.51. The third kappa shape index (κ3) is 11.0. The van der Waals surface area contributed by atoms with Gasteiger partial charge in [-0.1, -0.05) is 50.3 Å². The van der Waals surface area contributed by atoms with Crippen molar-refractivity contribution in [3.05, 3.63) is 70.3 Å². The van der Waals surface area contributed by atoms with E-state index in [1.54, 1.807) is 36.4 Å². The molecule has 1 aromatic heterocycles. The molecular formula is C34H47N9O5. The molecule has 1 aliphatic heterocycles. The highest BCUT2D eigenvalue weighted by atomic mass is 16.6. The molecule has 0 atom stereocenters. The van der Waals surface area contributed by atoms with Crippen molar-refractivity contribution in [1.29, 1.82) is 0 Å². The highest BCUT2D eigenvalue weighted by Crippen LogP contribution is 2.24.